The van der Waals surface area contributed by atoms with Crippen molar-refractivity contribution in [2.75, 3.05) is 0 Å². The van der Waals surface area contributed by atoms with Crippen molar-refractivity contribution in [1.29, 1.82) is 0 Å². The van der Waals surface area contributed by atoms with E-state index in [4.69, 9.17) is 10.2 Å². The van der Waals surface area contributed by atoms with Crippen molar-refractivity contribution < 1.29 is 19.8 Å². The second kappa shape index (κ2) is 9.92. The van der Waals surface area contributed by atoms with Crippen molar-refractivity contribution >= 4 is 11.9 Å². The van der Waals surface area contributed by atoms with E-state index in [2.05, 4.69) is 6.92 Å². The summed E-state index contributed by atoms with van der Waals surface area (Å²) < 4.78 is 0. The zero-order chi connectivity index (χ0) is 14.0. The third-order valence-electron chi connectivity index (χ3n) is 3.25. The van der Waals surface area contributed by atoms with Gasteiger partial charge in [-0.1, -0.05) is 46.0 Å². The van der Waals surface area contributed by atoms with Gasteiger partial charge >= 0.3 is 11.9 Å². The van der Waals surface area contributed by atoms with Crippen LogP contribution in [0.1, 0.15) is 65.2 Å². The highest BCUT2D eigenvalue weighted by Crippen LogP contribution is 2.18. The molecule has 0 aromatic heterocycles. The van der Waals surface area contributed by atoms with Crippen LogP contribution in [0, 0.1) is 11.8 Å². The smallest absolute Gasteiger partial charge is 0.303 e. The third-order valence-corrected chi connectivity index (χ3v) is 3.25. The monoisotopic (exact) mass is 258 g/mol. The number of carboxylic acid groups (broad SMARTS) is 2. The predicted molar refractivity (Wildman–Crippen MR) is 70.5 cm³/mol. The molecule has 0 aliphatic heterocycles. The molecule has 0 fully saturated rings. The number of hydrogen-bond donors (Lipinski definition) is 2. The maximum atomic E-state index is 10.5. The maximum absolute atomic E-state index is 10.5. The van der Waals surface area contributed by atoms with E-state index in [0.29, 0.717) is 5.92 Å². The van der Waals surface area contributed by atoms with E-state index in [-0.39, 0.29) is 18.8 Å². The molecule has 0 saturated carbocycles. The van der Waals surface area contributed by atoms with Gasteiger partial charge in [-0.15, -0.1) is 0 Å². The molecule has 0 aliphatic carbocycles. The Morgan fingerprint density at radius 2 is 1.33 bits per heavy atom. The summed E-state index contributed by atoms with van der Waals surface area (Å²) in [6, 6.07) is 0. The van der Waals surface area contributed by atoms with E-state index >= 15 is 0 Å². The number of hydrogen-bond acceptors (Lipinski definition) is 2. The fourth-order valence-electron chi connectivity index (χ4n) is 2.13. The molecule has 0 aromatic rings. The Morgan fingerprint density at radius 3 is 1.83 bits per heavy atom. The summed E-state index contributed by atoms with van der Waals surface area (Å²) in [6.45, 7) is 4.13. The van der Waals surface area contributed by atoms with Gasteiger partial charge in [0.2, 0.25) is 0 Å². The van der Waals surface area contributed by atoms with Crippen LogP contribution >= 0.6 is 0 Å². The standard InChI is InChI=1S/C14H26O4/c1-11(8-5-9-13(15)16)6-3-4-7-12(2)10-14(17)18/h11-12H,3-10H2,1-2H3,(H,15,16)(H,17,18). The minimum atomic E-state index is -0.718. The van der Waals surface area contributed by atoms with Gasteiger partial charge in [0, 0.05) is 12.8 Å². The second-order valence-electron chi connectivity index (χ2n) is 5.38. The topological polar surface area (TPSA) is 74.6 Å². The van der Waals surface area contributed by atoms with Crippen molar-refractivity contribution in [1.82, 2.24) is 0 Å². The summed E-state index contributed by atoms with van der Waals surface area (Å²) in [4.78, 5) is 20.8. The summed E-state index contributed by atoms with van der Waals surface area (Å²) in [5, 5.41) is 17.1. The minimum absolute atomic E-state index is 0.254. The van der Waals surface area contributed by atoms with Crippen LogP contribution in [0.4, 0.5) is 0 Å². The lowest BCUT2D eigenvalue weighted by Gasteiger charge is -2.12. The van der Waals surface area contributed by atoms with Crippen molar-refractivity contribution in [3.63, 3.8) is 0 Å². The molecule has 2 atom stereocenters. The van der Waals surface area contributed by atoms with E-state index < -0.39 is 11.9 Å². The normalized spacial score (nSPS) is 14.1. The third kappa shape index (κ3) is 11.4. The number of carboxylic acids is 2. The number of aliphatic carboxylic acids is 2. The van der Waals surface area contributed by atoms with Crippen LogP contribution < -0.4 is 0 Å². The zero-order valence-electron chi connectivity index (χ0n) is 11.5. The quantitative estimate of drug-likeness (QED) is 0.556. The van der Waals surface area contributed by atoms with Gasteiger partial charge in [0.05, 0.1) is 0 Å². The van der Waals surface area contributed by atoms with Crippen molar-refractivity contribution in [3.8, 4) is 0 Å². The van der Waals surface area contributed by atoms with Crippen LogP contribution in [0.2, 0.25) is 0 Å². The van der Waals surface area contributed by atoms with Gasteiger partial charge in [-0.3, -0.25) is 9.59 Å². The lowest BCUT2D eigenvalue weighted by atomic mass is 9.94. The summed E-state index contributed by atoms with van der Waals surface area (Å²) in [5.74, 6) is -0.613. The van der Waals surface area contributed by atoms with Crippen LogP contribution in [0.25, 0.3) is 0 Å². The Kier molecular flexibility index (Phi) is 9.33. The summed E-state index contributed by atoms with van der Waals surface area (Å²) in [6.07, 6.45) is 6.50. The lowest BCUT2D eigenvalue weighted by molar-refractivity contribution is -0.138. The van der Waals surface area contributed by atoms with Gasteiger partial charge in [-0.25, -0.2) is 0 Å². The average molecular weight is 258 g/mol. The molecule has 0 rings (SSSR count). The van der Waals surface area contributed by atoms with Crippen molar-refractivity contribution in [2.24, 2.45) is 11.8 Å². The molecule has 4 heteroatoms. The number of unbranched alkanes of at least 4 members (excludes halogenated alkanes) is 1. The maximum Gasteiger partial charge on any atom is 0.303 e. The Morgan fingerprint density at radius 1 is 0.833 bits per heavy atom. The largest absolute Gasteiger partial charge is 0.481 e. The first-order valence-electron chi connectivity index (χ1n) is 6.85. The predicted octanol–water partition coefficient (Wildman–Crippen LogP) is 3.55. The molecule has 0 saturated heterocycles. The second-order valence-corrected chi connectivity index (χ2v) is 5.38. The molecule has 0 bridgehead atoms. The molecule has 0 heterocycles. The van der Waals surface area contributed by atoms with E-state index in [1.807, 2.05) is 6.92 Å². The molecule has 2 N–H and O–H groups in total. The van der Waals surface area contributed by atoms with Gasteiger partial charge in [-0.2, -0.15) is 0 Å². The van der Waals surface area contributed by atoms with E-state index in [9.17, 15) is 9.59 Å². The minimum Gasteiger partial charge on any atom is -0.481 e. The molecule has 0 spiro atoms. The van der Waals surface area contributed by atoms with Gasteiger partial charge in [0.15, 0.2) is 0 Å². The first-order valence-corrected chi connectivity index (χ1v) is 6.85. The summed E-state index contributed by atoms with van der Waals surface area (Å²) in [7, 11) is 0. The Hall–Kier alpha value is -1.06. The molecular formula is C14H26O4. The van der Waals surface area contributed by atoms with E-state index in [1.165, 1.54) is 0 Å². The van der Waals surface area contributed by atoms with Crippen molar-refractivity contribution in [3.05, 3.63) is 0 Å². The van der Waals surface area contributed by atoms with Crippen LogP contribution in [0.5, 0.6) is 0 Å². The molecule has 2 unspecified atom stereocenters. The molecule has 0 aliphatic rings. The first kappa shape index (κ1) is 16.9. The zero-order valence-corrected chi connectivity index (χ0v) is 11.5. The fourth-order valence-corrected chi connectivity index (χ4v) is 2.13. The van der Waals surface area contributed by atoms with Crippen molar-refractivity contribution in [2.45, 2.75) is 65.2 Å². The van der Waals surface area contributed by atoms with Gasteiger partial charge in [-0.05, 0) is 18.3 Å². The molecule has 0 radical (unpaired) electrons. The van der Waals surface area contributed by atoms with Gasteiger partial charge in [0.1, 0.15) is 0 Å². The fraction of sp³-hybridized carbons (Fsp3) is 0.857. The van der Waals surface area contributed by atoms with Crippen LogP contribution in [0.3, 0.4) is 0 Å². The van der Waals surface area contributed by atoms with E-state index in [0.717, 1.165) is 38.5 Å². The highest BCUT2D eigenvalue weighted by Gasteiger charge is 2.08. The molecular weight excluding hydrogens is 232 g/mol. The highest BCUT2D eigenvalue weighted by molar-refractivity contribution is 5.67. The Bertz CT molecular complexity index is 250. The molecule has 4 nitrogen and oxygen atoms in total. The lowest BCUT2D eigenvalue weighted by Crippen LogP contribution is -2.04. The Labute approximate surface area is 109 Å². The molecule has 0 aromatic carbocycles. The van der Waals surface area contributed by atoms with Crippen LogP contribution in [0.15, 0.2) is 0 Å². The Balaban J connectivity index is 3.42. The first-order chi connectivity index (χ1) is 8.41. The average Bonchev–Trinajstić information content (AvgIpc) is 2.23. The molecule has 106 valence electrons. The van der Waals surface area contributed by atoms with E-state index in [1.54, 1.807) is 0 Å². The van der Waals surface area contributed by atoms with Crippen LogP contribution in [-0.2, 0) is 9.59 Å². The number of rotatable bonds is 11. The molecule has 18 heavy (non-hydrogen) atoms. The molecule has 0 amide bonds. The number of carbonyl (C=O) groups is 2. The van der Waals surface area contributed by atoms with Crippen LogP contribution in [-0.4, -0.2) is 22.2 Å². The highest BCUT2D eigenvalue weighted by atomic mass is 16.4. The SMILES string of the molecule is CC(CCCCC(C)CC(=O)O)CCCC(=O)O. The summed E-state index contributed by atoms with van der Waals surface area (Å²) >= 11 is 0. The van der Waals surface area contributed by atoms with Gasteiger partial charge in [0.25, 0.3) is 0 Å². The summed E-state index contributed by atoms with van der Waals surface area (Å²) in [5.41, 5.74) is 0. The van der Waals surface area contributed by atoms with Gasteiger partial charge < -0.3 is 10.2 Å².